The molecule has 1 atom stereocenters. The van der Waals surface area contributed by atoms with Crippen LogP contribution in [0.1, 0.15) is 15.9 Å². The predicted octanol–water partition coefficient (Wildman–Crippen LogP) is 1.21. The van der Waals surface area contributed by atoms with E-state index in [0.717, 1.165) is 23.1 Å². The molecule has 0 radical (unpaired) electrons. The van der Waals surface area contributed by atoms with Crippen LogP contribution in [0.15, 0.2) is 10.4 Å². The maximum absolute atomic E-state index is 14.0. The van der Waals surface area contributed by atoms with Crippen molar-refractivity contribution in [2.75, 3.05) is 5.73 Å². The van der Waals surface area contributed by atoms with Crippen molar-refractivity contribution in [2.45, 2.75) is 15.9 Å². The molecule has 2 aromatic rings. The molecule has 7 nitrogen and oxygen atoms in total. The van der Waals surface area contributed by atoms with Gasteiger partial charge in [0.05, 0.1) is 5.15 Å². The third-order valence-corrected chi connectivity index (χ3v) is 5.20. The Kier molecular flexibility index (Phi) is 4.12. The van der Waals surface area contributed by atoms with Crippen molar-refractivity contribution in [1.82, 2.24) is 10.2 Å². The number of carboxylic acids is 1. The Morgan fingerprint density at radius 3 is 2.83 bits per heavy atom. The highest BCUT2D eigenvalue weighted by Gasteiger charge is 2.40. The van der Waals surface area contributed by atoms with Crippen molar-refractivity contribution in [3.05, 3.63) is 28.8 Å². The van der Waals surface area contributed by atoms with E-state index in [4.69, 9.17) is 15.5 Å². The first-order valence-corrected chi connectivity index (χ1v) is 7.91. The second kappa shape index (κ2) is 5.94. The highest BCUT2D eigenvalue weighted by atomic mass is 32.2. The van der Waals surface area contributed by atoms with Crippen LogP contribution in [0.5, 0.6) is 5.75 Å². The lowest BCUT2D eigenvalue weighted by atomic mass is 9.77. The van der Waals surface area contributed by atoms with Gasteiger partial charge in [-0.2, -0.15) is 0 Å². The first-order chi connectivity index (χ1) is 10.9. The second-order valence-electron chi connectivity index (χ2n) is 4.60. The largest absolute Gasteiger partial charge is 0.537 e. The van der Waals surface area contributed by atoms with Crippen LogP contribution in [0.2, 0.25) is 0 Å². The van der Waals surface area contributed by atoms with Crippen molar-refractivity contribution >= 4 is 41.3 Å². The lowest BCUT2D eigenvalue weighted by Gasteiger charge is -2.27. The molecule has 0 spiro atoms. The average molecular weight is 359 g/mol. The van der Waals surface area contributed by atoms with Crippen molar-refractivity contribution in [1.29, 1.82) is 0 Å². The number of halogens is 2. The van der Waals surface area contributed by atoms with Gasteiger partial charge in [0.1, 0.15) is 22.9 Å². The number of nitrogens with two attached hydrogens (primary N) is 1. The number of hydrogen-bond donors (Lipinski definition) is 3. The van der Waals surface area contributed by atoms with Gasteiger partial charge < -0.3 is 20.5 Å². The monoisotopic (exact) mass is 359 g/mol. The summed E-state index contributed by atoms with van der Waals surface area (Å²) in [5.74, 6) is -4.29. The van der Waals surface area contributed by atoms with Crippen molar-refractivity contribution in [3.8, 4) is 5.75 Å². The zero-order chi connectivity index (χ0) is 16.7. The van der Waals surface area contributed by atoms with Gasteiger partial charge in [0.15, 0.2) is 4.34 Å². The summed E-state index contributed by atoms with van der Waals surface area (Å²) in [6, 6.07) is 0.494. The zero-order valence-corrected chi connectivity index (χ0v) is 12.8. The third kappa shape index (κ3) is 2.96. The summed E-state index contributed by atoms with van der Waals surface area (Å²) in [7, 11) is -1.46. The van der Waals surface area contributed by atoms with Gasteiger partial charge in [0, 0.05) is 11.6 Å². The van der Waals surface area contributed by atoms with Gasteiger partial charge >= 0.3 is 13.1 Å². The molecule has 120 valence electrons. The van der Waals surface area contributed by atoms with Gasteiger partial charge in [-0.25, -0.2) is 13.6 Å². The van der Waals surface area contributed by atoms with Gasteiger partial charge in [-0.05, 0) is 6.42 Å². The van der Waals surface area contributed by atoms with E-state index >= 15 is 0 Å². The summed E-state index contributed by atoms with van der Waals surface area (Å²) in [4.78, 5) is 11.1. The maximum Gasteiger partial charge on any atom is 0.537 e. The van der Waals surface area contributed by atoms with E-state index in [1.54, 1.807) is 0 Å². The molecule has 0 unspecified atom stereocenters. The molecule has 0 bridgehead atoms. The lowest BCUT2D eigenvalue weighted by Crippen LogP contribution is -2.41. The molecule has 4 N–H and O–H groups in total. The Labute approximate surface area is 136 Å². The van der Waals surface area contributed by atoms with Crippen LogP contribution in [0.3, 0.4) is 0 Å². The summed E-state index contributed by atoms with van der Waals surface area (Å²) in [5, 5.41) is 26.0. The molecule has 0 saturated heterocycles. The quantitative estimate of drug-likeness (QED) is 0.700. The van der Waals surface area contributed by atoms with Crippen molar-refractivity contribution in [3.63, 3.8) is 0 Å². The molecular weight excluding hydrogens is 351 g/mol. The molecule has 3 rings (SSSR count). The van der Waals surface area contributed by atoms with Gasteiger partial charge in [-0.15, -0.1) is 10.2 Å². The number of carbonyl (C=O) groups is 1. The third-order valence-electron chi connectivity index (χ3n) is 3.13. The summed E-state index contributed by atoms with van der Waals surface area (Å²) >= 11 is 2.15. The van der Waals surface area contributed by atoms with E-state index in [2.05, 4.69) is 10.2 Å². The van der Waals surface area contributed by atoms with E-state index in [1.165, 1.54) is 0 Å². The number of benzene rings is 1. The van der Waals surface area contributed by atoms with Crippen LogP contribution in [-0.4, -0.2) is 38.6 Å². The topological polar surface area (TPSA) is 119 Å². The maximum atomic E-state index is 14.0. The fourth-order valence-electron chi connectivity index (χ4n) is 2.15. The highest BCUT2D eigenvalue weighted by molar-refractivity contribution is 8.02. The molecule has 0 aliphatic carbocycles. The number of anilines is 1. The van der Waals surface area contributed by atoms with Crippen LogP contribution in [0.25, 0.3) is 0 Å². The minimum absolute atomic E-state index is 0.0625. The first kappa shape index (κ1) is 16.0. The number of thioether (sulfide) groups is 1. The predicted molar refractivity (Wildman–Crippen MR) is 79.6 cm³/mol. The van der Waals surface area contributed by atoms with Gasteiger partial charge in [0.2, 0.25) is 5.13 Å². The van der Waals surface area contributed by atoms with E-state index in [9.17, 15) is 18.6 Å². The van der Waals surface area contributed by atoms with Gasteiger partial charge in [0.25, 0.3) is 0 Å². The SMILES string of the molecule is Nc1nnc(S[C@H]2Cc3c(F)cc(F)c(C(=O)O)c3OB2O)s1. The van der Waals surface area contributed by atoms with Crippen LogP contribution in [0, 0.1) is 11.6 Å². The summed E-state index contributed by atoms with van der Waals surface area (Å²) in [5.41, 5.74) is 4.55. The molecule has 0 fully saturated rings. The lowest BCUT2D eigenvalue weighted by molar-refractivity contribution is 0.0689. The minimum Gasteiger partial charge on any atom is -0.534 e. The number of hydrogen-bond acceptors (Lipinski definition) is 8. The molecule has 0 amide bonds. The first-order valence-electron chi connectivity index (χ1n) is 6.21. The summed E-state index contributed by atoms with van der Waals surface area (Å²) in [6.07, 6.45) is -0.0625. The van der Waals surface area contributed by atoms with Gasteiger partial charge in [-0.3, -0.25) is 0 Å². The van der Waals surface area contributed by atoms with Crippen LogP contribution in [-0.2, 0) is 6.42 Å². The molecule has 0 saturated carbocycles. The van der Waals surface area contributed by atoms with E-state index < -0.39 is 41.2 Å². The Morgan fingerprint density at radius 2 is 2.22 bits per heavy atom. The second-order valence-corrected chi connectivity index (χ2v) is 7.10. The Morgan fingerprint density at radius 1 is 1.48 bits per heavy atom. The number of rotatable bonds is 3. The van der Waals surface area contributed by atoms with E-state index in [-0.39, 0.29) is 17.1 Å². The Hall–Kier alpha value is -1.92. The molecule has 1 aliphatic heterocycles. The van der Waals surface area contributed by atoms with Crippen LogP contribution < -0.4 is 10.4 Å². The normalized spacial score (nSPS) is 16.8. The summed E-state index contributed by atoms with van der Waals surface area (Å²) in [6.45, 7) is 0. The molecule has 1 aliphatic rings. The molecule has 1 aromatic heterocycles. The van der Waals surface area contributed by atoms with E-state index in [1.807, 2.05) is 0 Å². The average Bonchev–Trinajstić information content (AvgIpc) is 2.85. The highest BCUT2D eigenvalue weighted by Crippen LogP contribution is 2.39. The summed E-state index contributed by atoms with van der Waals surface area (Å²) < 4.78 is 33.1. The number of fused-ring (bicyclic) bond motifs is 1. The Bertz CT molecular complexity index is 791. The molecule has 1 aromatic carbocycles. The fraction of sp³-hybridized carbons (Fsp3) is 0.182. The van der Waals surface area contributed by atoms with E-state index in [0.29, 0.717) is 10.4 Å². The number of aromatic carboxylic acids is 1. The smallest absolute Gasteiger partial charge is 0.534 e. The minimum atomic E-state index is -1.60. The number of nitrogens with zero attached hydrogens (tertiary/aromatic N) is 2. The van der Waals surface area contributed by atoms with Crippen molar-refractivity contribution < 1.29 is 28.4 Å². The molecular formula is C11H8BF2N3O4S2. The molecule has 23 heavy (non-hydrogen) atoms. The Balaban J connectivity index is 1.96. The fourth-order valence-corrected chi connectivity index (χ4v) is 4.08. The zero-order valence-electron chi connectivity index (χ0n) is 11.2. The molecule has 2 heterocycles. The van der Waals surface area contributed by atoms with Crippen LogP contribution in [0.4, 0.5) is 13.9 Å². The molecule has 12 heteroatoms. The van der Waals surface area contributed by atoms with Crippen molar-refractivity contribution in [2.24, 2.45) is 0 Å². The standard InChI is InChI=1S/C11H8BF2N3O4S2/c13-4-2-5(14)7(9(18)19)8-3(4)1-6(12(20)21-8)22-11-17-16-10(15)23-11/h2,6,20H,1H2,(H2,15,16)(H,18,19)/t6-/m0/s1. The van der Waals surface area contributed by atoms with Gasteiger partial charge in [-0.1, -0.05) is 23.1 Å². The number of aromatic nitrogens is 2. The number of nitrogen functional groups attached to an aromatic ring is 1. The van der Waals surface area contributed by atoms with Crippen LogP contribution >= 0.6 is 23.1 Å². The number of carboxylic acid groups (broad SMARTS) is 1.